The fraction of sp³-hybridized carbons (Fsp3) is 0.280. The summed E-state index contributed by atoms with van der Waals surface area (Å²) in [5.74, 6) is -2.76. The zero-order chi connectivity index (χ0) is 27.4. The molecule has 0 saturated heterocycles. The quantitative estimate of drug-likeness (QED) is 0.404. The lowest BCUT2D eigenvalue weighted by molar-refractivity contribution is -0.192. The number of hydrogen-bond acceptors (Lipinski definition) is 8. The highest BCUT2D eigenvalue weighted by Gasteiger charge is 2.38. The van der Waals surface area contributed by atoms with E-state index in [9.17, 15) is 18.0 Å². The summed E-state index contributed by atoms with van der Waals surface area (Å²) in [6.45, 7) is 1.98. The number of carbonyl (C=O) groups is 2. The Bertz CT molecular complexity index is 1160. The summed E-state index contributed by atoms with van der Waals surface area (Å²) in [4.78, 5) is 30.1. The topological polar surface area (TPSA) is 134 Å². The van der Waals surface area contributed by atoms with Crippen molar-refractivity contribution in [1.82, 2.24) is 9.97 Å². The van der Waals surface area contributed by atoms with E-state index in [1.54, 1.807) is 6.92 Å². The average molecular weight is 521 g/mol. The first-order valence-electron chi connectivity index (χ1n) is 10.9. The number of carboxylic acids is 1. The van der Waals surface area contributed by atoms with Gasteiger partial charge in [-0.05, 0) is 24.5 Å². The Morgan fingerprint density at radius 1 is 0.973 bits per heavy atom. The molecule has 0 aliphatic rings. The van der Waals surface area contributed by atoms with Crippen LogP contribution in [0, 0.1) is 6.92 Å². The number of aliphatic carboxylic acids is 1. The van der Waals surface area contributed by atoms with Crippen molar-refractivity contribution in [2.75, 3.05) is 13.7 Å². The van der Waals surface area contributed by atoms with Gasteiger partial charge in [-0.25, -0.2) is 9.59 Å². The smallest absolute Gasteiger partial charge is 0.480 e. The average Bonchev–Trinajstić information content (AvgIpc) is 2.86. The minimum absolute atomic E-state index is 0.0472. The Hall–Kier alpha value is -4.19. The summed E-state index contributed by atoms with van der Waals surface area (Å²) < 4.78 is 48.3. The first-order valence-corrected chi connectivity index (χ1v) is 10.9. The summed E-state index contributed by atoms with van der Waals surface area (Å²) in [5.41, 5.74) is 8.22. The molecule has 0 fully saturated rings. The zero-order valence-electron chi connectivity index (χ0n) is 20.1. The Morgan fingerprint density at radius 3 is 2.00 bits per heavy atom. The van der Waals surface area contributed by atoms with Gasteiger partial charge in [0.2, 0.25) is 11.8 Å². The number of carbonyl (C=O) groups excluding carboxylic acids is 1. The lowest BCUT2D eigenvalue weighted by Gasteiger charge is -2.16. The van der Waals surface area contributed by atoms with Gasteiger partial charge in [-0.15, -0.1) is 0 Å². The molecule has 1 aromatic heterocycles. The number of aryl methyl sites for hydroxylation is 1. The molecule has 0 radical (unpaired) electrons. The number of carboxylic acid groups (broad SMARTS) is 1. The summed E-state index contributed by atoms with van der Waals surface area (Å²) in [5, 5.41) is 7.12. The van der Waals surface area contributed by atoms with Crippen LogP contribution in [0.5, 0.6) is 11.8 Å². The number of aromatic nitrogens is 2. The number of methoxy groups -OCH3 is 1. The predicted octanol–water partition coefficient (Wildman–Crippen LogP) is 3.73. The van der Waals surface area contributed by atoms with Crippen LogP contribution in [0.4, 0.5) is 13.2 Å². The molecule has 2 aromatic carbocycles. The molecule has 0 spiro atoms. The second-order valence-electron chi connectivity index (χ2n) is 7.59. The van der Waals surface area contributed by atoms with Crippen molar-refractivity contribution in [2.45, 2.75) is 32.2 Å². The SMILES string of the molecule is COc1nc(C)nc(OCC(N)Cc2ccccc2)c1C(=O)OCc1ccccc1.O=C(O)C(F)(F)F. The number of alkyl halides is 3. The van der Waals surface area contributed by atoms with Crippen molar-refractivity contribution in [3.05, 3.63) is 83.2 Å². The number of nitrogens with two attached hydrogens (primary N) is 1. The third-order valence-corrected chi connectivity index (χ3v) is 4.58. The maximum absolute atomic E-state index is 12.8. The van der Waals surface area contributed by atoms with Crippen LogP contribution in [0.1, 0.15) is 27.3 Å². The molecular weight excluding hydrogens is 495 g/mol. The molecule has 0 amide bonds. The summed E-state index contributed by atoms with van der Waals surface area (Å²) in [6.07, 6.45) is -4.45. The largest absolute Gasteiger partial charge is 0.490 e. The van der Waals surface area contributed by atoms with Gasteiger partial charge in [0.1, 0.15) is 19.0 Å². The lowest BCUT2D eigenvalue weighted by Crippen LogP contribution is -2.31. The highest BCUT2D eigenvalue weighted by atomic mass is 19.4. The number of halogens is 3. The van der Waals surface area contributed by atoms with Crippen LogP contribution >= 0.6 is 0 Å². The number of ether oxygens (including phenoxy) is 3. The number of nitrogens with zero attached hydrogens (tertiary/aromatic N) is 2. The Balaban J connectivity index is 0.000000604. The normalized spacial score (nSPS) is 11.5. The fourth-order valence-corrected chi connectivity index (χ4v) is 2.91. The van der Waals surface area contributed by atoms with E-state index in [1.165, 1.54) is 7.11 Å². The Morgan fingerprint density at radius 2 is 1.49 bits per heavy atom. The van der Waals surface area contributed by atoms with Gasteiger partial charge in [0.25, 0.3) is 0 Å². The molecule has 1 heterocycles. The molecule has 0 saturated carbocycles. The van der Waals surface area contributed by atoms with Gasteiger partial charge in [0, 0.05) is 6.04 Å². The molecule has 198 valence electrons. The van der Waals surface area contributed by atoms with Gasteiger partial charge in [-0.1, -0.05) is 60.7 Å². The van der Waals surface area contributed by atoms with Crippen LogP contribution in [-0.2, 0) is 22.6 Å². The van der Waals surface area contributed by atoms with Gasteiger partial charge in [0.05, 0.1) is 7.11 Å². The minimum Gasteiger partial charge on any atom is -0.480 e. The molecule has 0 aliphatic carbocycles. The minimum atomic E-state index is -5.08. The van der Waals surface area contributed by atoms with Gasteiger partial charge < -0.3 is 25.1 Å². The van der Waals surface area contributed by atoms with E-state index < -0.39 is 18.1 Å². The van der Waals surface area contributed by atoms with Gasteiger partial charge >= 0.3 is 18.1 Å². The van der Waals surface area contributed by atoms with Crippen molar-refractivity contribution in [2.24, 2.45) is 5.73 Å². The van der Waals surface area contributed by atoms with Crippen molar-refractivity contribution < 1.29 is 42.1 Å². The third kappa shape index (κ3) is 9.76. The number of esters is 1. The summed E-state index contributed by atoms with van der Waals surface area (Å²) in [6, 6.07) is 19.0. The second-order valence-corrected chi connectivity index (χ2v) is 7.59. The van der Waals surface area contributed by atoms with Crippen LogP contribution in [-0.4, -0.2) is 52.9 Å². The van der Waals surface area contributed by atoms with E-state index in [4.69, 9.17) is 29.8 Å². The van der Waals surface area contributed by atoms with Crippen LogP contribution in [0.25, 0.3) is 0 Å². The molecule has 0 bridgehead atoms. The highest BCUT2D eigenvalue weighted by Crippen LogP contribution is 2.26. The van der Waals surface area contributed by atoms with Crippen LogP contribution in [0.2, 0.25) is 0 Å². The van der Waals surface area contributed by atoms with Crippen molar-refractivity contribution in [3.8, 4) is 11.8 Å². The number of benzene rings is 2. The van der Waals surface area contributed by atoms with Crippen LogP contribution < -0.4 is 15.2 Å². The maximum Gasteiger partial charge on any atom is 0.490 e. The second kappa shape index (κ2) is 13.8. The molecule has 1 unspecified atom stereocenters. The first-order chi connectivity index (χ1) is 17.5. The van der Waals surface area contributed by atoms with E-state index in [0.717, 1.165) is 11.1 Å². The zero-order valence-corrected chi connectivity index (χ0v) is 20.1. The Labute approximate surface area is 211 Å². The van der Waals surface area contributed by atoms with Gasteiger partial charge in [0.15, 0.2) is 5.56 Å². The van der Waals surface area contributed by atoms with E-state index in [-0.39, 0.29) is 36.6 Å². The van der Waals surface area contributed by atoms with Crippen LogP contribution in [0.3, 0.4) is 0 Å². The van der Waals surface area contributed by atoms with Crippen LogP contribution in [0.15, 0.2) is 60.7 Å². The monoisotopic (exact) mass is 521 g/mol. The summed E-state index contributed by atoms with van der Waals surface area (Å²) >= 11 is 0. The maximum atomic E-state index is 12.8. The fourth-order valence-electron chi connectivity index (χ4n) is 2.91. The molecular formula is C25H26F3N3O6. The molecule has 37 heavy (non-hydrogen) atoms. The molecule has 3 rings (SSSR count). The van der Waals surface area contributed by atoms with Crippen molar-refractivity contribution in [1.29, 1.82) is 0 Å². The lowest BCUT2D eigenvalue weighted by atomic mass is 10.1. The van der Waals surface area contributed by atoms with E-state index >= 15 is 0 Å². The Kier molecular flexibility index (Phi) is 10.8. The molecule has 9 nitrogen and oxygen atoms in total. The highest BCUT2D eigenvalue weighted by molar-refractivity contribution is 5.94. The summed E-state index contributed by atoms with van der Waals surface area (Å²) in [7, 11) is 1.43. The molecule has 1 atom stereocenters. The standard InChI is InChI=1S/C23H25N3O4.C2HF3O2/c1-16-25-21(28-2)20(23(27)30-14-18-11-7-4-8-12-18)22(26-16)29-15-19(24)13-17-9-5-3-6-10-17;3-2(4,5)1(6)7/h3-12,19H,13-15,24H2,1-2H3;(H,6,7). The molecule has 3 aromatic rings. The van der Waals surface area contributed by atoms with Crippen molar-refractivity contribution in [3.63, 3.8) is 0 Å². The number of rotatable bonds is 9. The molecule has 0 aliphatic heterocycles. The van der Waals surface area contributed by atoms with Crippen molar-refractivity contribution >= 4 is 11.9 Å². The molecule has 12 heteroatoms. The van der Waals surface area contributed by atoms with Gasteiger partial charge in [-0.2, -0.15) is 23.1 Å². The predicted molar refractivity (Wildman–Crippen MR) is 126 cm³/mol. The first kappa shape index (κ1) is 29.0. The van der Waals surface area contributed by atoms with Gasteiger partial charge in [-0.3, -0.25) is 0 Å². The van der Waals surface area contributed by atoms with E-state index in [2.05, 4.69) is 9.97 Å². The van der Waals surface area contributed by atoms with E-state index in [0.29, 0.717) is 12.2 Å². The number of hydrogen-bond donors (Lipinski definition) is 2. The van der Waals surface area contributed by atoms with E-state index in [1.807, 2.05) is 60.7 Å². The molecule has 3 N–H and O–H groups in total. The third-order valence-electron chi connectivity index (χ3n) is 4.58.